The lowest BCUT2D eigenvalue weighted by molar-refractivity contribution is -0.142. The van der Waals surface area contributed by atoms with E-state index in [9.17, 15) is 38.7 Å². The van der Waals surface area contributed by atoms with Crippen molar-refractivity contribution >= 4 is 41.4 Å². The first-order chi connectivity index (χ1) is 34.0. The van der Waals surface area contributed by atoms with Crippen LogP contribution in [0.2, 0.25) is 0 Å². The van der Waals surface area contributed by atoms with Gasteiger partial charge in [0.15, 0.2) is 0 Å². The summed E-state index contributed by atoms with van der Waals surface area (Å²) >= 11 is 0. The molecule has 6 aromatic rings. The van der Waals surface area contributed by atoms with Crippen molar-refractivity contribution in [1.82, 2.24) is 31.9 Å². The zero-order valence-corrected chi connectivity index (χ0v) is 38.5. The molecule has 6 aromatic carbocycles. The standard InChI is InChI=1S/C56H56N6O8/c63-50-31-32-57-51(64)44-28-23-41(24-29-44)35-48(55(68)62-49(56(69)70)36-39-17-9-3-10-18-39)61-53(66)46(33-38-15-7-2-8-16-38)60-54(67)47(34-40-21-26-43(27-22-40)42-19-11-4-12-20-42)59-52(65)45(58-50)30-25-37-13-5-1-6-14-37/h1-24,26-29,45-49H,25,30-36H2,(H,57,64)(H,58,63)(H,59,65)(H,60,67)(H,61,66)(H,62,68)(H,69,70)/t45-,46-,47+,48+,49+/m1/s1. The molecule has 6 amide bonds. The lowest BCUT2D eigenvalue weighted by Crippen LogP contribution is -2.60. The van der Waals surface area contributed by atoms with Gasteiger partial charge in [0.2, 0.25) is 29.5 Å². The van der Waals surface area contributed by atoms with Crippen LogP contribution < -0.4 is 31.9 Å². The maximum absolute atomic E-state index is 14.8. The van der Waals surface area contributed by atoms with Gasteiger partial charge in [0.25, 0.3) is 5.91 Å². The molecule has 0 fully saturated rings. The Hall–Kier alpha value is -8.39. The number of fused-ring (bicyclic) bond motifs is 18. The average Bonchev–Trinajstić information content (AvgIpc) is 3.38. The first-order valence-corrected chi connectivity index (χ1v) is 23.3. The van der Waals surface area contributed by atoms with Gasteiger partial charge in [-0.3, -0.25) is 28.8 Å². The second kappa shape index (κ2) is 24.6. The van der Waals surface area contributed by atoms with E-state index in [1.807, 2.05) is 91.0 Å². The van der Waals surface area contributed by atoms with Gasteiger partial charge in [-0.15, -0.1) is 0 Å². The molecule has 2 heterocycles. The van der Waals surface area contributed by atoms with E-state index in [0.717, 1.165) is 16.7 Å². The zero-order valence-electron chi connectivity index (χ0n) is 38.5. The molecule has 0 unspecified atom stereocenters. The SMILES string of the molecule is O=C1CCNC(=O)c2ccc(cc2)C[C@@H](C(=O)N[C@@H](Cc2ccccc2)C(=O)O)NC(=O)[C@@H](Cc2ccccc2)NC(=O)[C@H](Cc2ccc(-c3ccccc3)cc2)NC(=O)[C@@H](CCc2ccccc2)N1. The molecular weight excluding hydrogens is 885 g/mol. The molecule has 2 aliphatic rings. The number of carboxylic acid groups (broad SMARTS) is 1. The first-order valence-electron chi connectivity index (χ1n) is 23.3. The van der Waals surface area contributed by atoms with E-state index in [0.29, 0.717) is 28.7 Å². The molecule has 70 heavy (non-hydrogen) atoms. The van der Waals surface area contributed by atoms with Crippen molar-refractivity contribution in [2.45, 2.75) is 75.2 Å². The highest BCUT2D eigenvalue weighted by molar-refractivity contribution is 5.97. The topological polar surface area (TPSA) is 212 Å². The molecular formula is C56H56N6O8. The maximum Gasteiger partial charge on any atom is 0.326 e. The van der Waals surface area contributed by atoms with Gasteiger partial charge in [-0.25, -0.2) is 4.79 Å². The Morgan fingerprint density at radius 3 is 1.60 bits per heavy atom. The summed E-state index contributed by atoms with van der Waals surface area (Å²) in [5.41, 5.74) is 5.69. The van der Waals surface area contributed by atoms with Crippen LogP contribution in [0.4, 0.5) is 0 Å². The molecule has 358 valence electrons. The van der Waals surface area contributed by atoms with Gasteiger partial charge in [0, 0.05) is 44.2 Å². The van der Waals surface area contributed by atoms with Crippen LogP contribution in [-0.4, -0.2) is 83.3 Å². The summed E-state index contributed by atoms with van der Waals surface area (Å²) < 4.78 is 0. The fourth-order valence-corrected chi connectivity index (χ4v) is 8.23. The summed E-state index contributed by atoms with van der Waals surface area (Å²) in [7, 11) is 0. The lowest BCUT2D eigenvalue weighted by atomic mass is 9.98. The van der Waals surface area contributed by atoms with E-state index < -0.39 is 71.6 Å². The zero-order chi connectivity index (χ0) is 49.2. The van der Waals surface area contributed by atoms with E-state index in [1.165, 1.54) is 12.1 Å². The van der Waals surface area contributed by atoms with Crippen LogP contribution in [-0.2, 0) is 60.9 Å². The molecule has 5 atom stereocenters. The van der Waals surface area contributed by atoms with Crippen molar-refractivity contribution in [2.24, 2.45) is 0 Å². The minimum atomic E-state index is -1.35. The lowest BCUT2D eigenvalue weighted by Gasteiger charge is -2.27. The monoisotopic (exact) mass is 940 g/mol. The molecule has 0 aromatic heterocycles. The van der Waals surface area contributed by atoms with Crippen molar-refractivity contribution in [3.05, 3.63) is 203 Å². The Kier molecular flexibility index (Phi) is 17.4. The third kappa shape index (κ3) is 14.6. The van der Waals surface area contributed by atoms with E-state index in [1.54, 1.807) is 66.7 Å². The largest absolute Gasteiger partial charge is 0.480 e. The second-order valence-corrected chi connectivity index (χ2v) is 17.3. The highest BCUT2D eigenvalue weighted by Gasteiger charge is 2.33. The predicted octanol–water partition coefficient (Wildman–Crippen LogP) is 4.90. The summed E-state index contributed by atoms with van der Waals surface area (Å²) in [5.74, 6) is -5.12. The third-order valence-electron chi connectivity index (χ3n) is 12.1. The second-order valence-electron chi connectivity index (χ2n) is 17.3. The number of carboxylic acids is 1. The van der Waals surface area contributed by atoms with Crippen LogP contribution >= 0.6 is 0 Å². The van der Waals surface area contributed by atoms with Crippen LogP contribution in [0.25, 0.3) is 11.1 Å². The fourth-order valence-electron chi connectivity index (χ4n) is 8.23. The summed E-state index contributed by atoms with van der Waals surface area (Å²) in [5, 5.41) is 27.0. The minimum Gasteiger partial charge on any atom is -0.480 e. The normalized spacial score (nSPS) is 18.7. The van der Waals surface area contributed by atoms with Crippen LogP contribution in [0.15, 0.2) is 170 Å². The number of rotatable bonds is 13. The van der Waals surface area contributed by atoms with E-state index >= 15 is 0 Å². The molecule has 0 radical (unpaired) electrons. The molecule has 0 saturated carbocycles. The molecule has 2 bridgehead atoms. The number of amides is 6. The Labute approximate surface area is 406 Å². The number of hydrogen-bond donors (Lipinski definition) is 7. The van der Waals surface area contributed by atoms with Crippen molar-refractivity contribution in [3.8, 4) is 11.1 Å². The molecule has 0 aliphatic carbocycles. The van der Waals surface area contributed by atoms with Crippen LogP contribution in [0.3, 0.4) is 0 Å². The Morgan fingerprint density at radius 1 is 0.529 bits per heavy atom. The number of aryl methyl sites for hydroxylation is 1. The quantitative estimate of drug-likeness (QED) is 0.0791. The molecule has 14 nitrogen and oxygen atoms in total. The van der Waals surface area contributed by atoms with Crippen molar-refractivity contribution < 1.29 is 38.7 Å². The molecule has 8 rings (SSSR count). The smallest absolute Gasteiger partial charge is 0.326 e. The van der Waals surface area contributed by atoms with E-state index in [2.05, 4.69) is 31.9 Å². The number of hydrogen-bond acceptors (Lipinski definition) is 7. The highest BCUT2D eigenvalue weighted by atomic mass is 16.4. The summed E-state index contributed by atoms with van der Waals surface area (Å²) in [6, 6.07) is 44.4. The van der Waals surface area contributed by atoms with E-state index in [4.69, 9.17) is 0 Å². The van der Waals surface area contributed by atoms with Crippen LogP contribution in [0.5, 0.6) is 0 Å². The van der Waals surface area contributed by atoms with Gasteiger partial charge < -0.3 is 37.0 Å². The van der Waals surface area contributed by atoms with Gasteiger partial charge in [0.05, 0.1) is 0 Å². The molecule has 2 aliphatic heterocycles. The summed E-state index contributed by atoms with van der Waals surface area (Å²) in [6.45, 7) is -0.0474. The maximum atomic E-state index is 14.8. The first kappa shape index (κ1) is 49.5. The van der Waals surface area contributed by atoms with Crippen molar-refractivity contribution in [3.63, 3.8) is 0 Å². The number of aliphatic carboxylic acids is 1. The fraction of sp³-hybridized carbons (Fsp3) is 0.232. The van der Waals surface area contributed by atoms with Crippen molar-refractivity contribution in [1.29, 1.82) is 0 Å². The van der Waals surface area contributed by atoms with Crippen molar-refractivity contribution in [2.75, 3.05) is 6.54 Å². The minimum absolute atomic E-state index is 0.00343. The Morgan fingerprint density at radius 2 is 1.01 bits per heavy atom. The molecule has 14 heteroatoms. The van der Waals surface area contributed by atoms with Gasteiger partial charge in [0.1, 0.15) is 30.2 Å². The van der Waals surface area contributed by atoms with Gasteiger partial charge in [-0.05, 0) is 63.9 Å². The average molecular weight is 941 g/mol. The number of benzene rings is 6. The van der Waals surface area contributed by atoms with Crippen LogP contribution in [0.1, 0.15) is 51.0 Å². The molecule has 7 N–H and O–H groups in total. The number of carbonyl (C=O) groups excluding carboxylic acids is 6. The van der Waals surface area contributed by atoms with E-state index in [-0.39, 0.29) is 50.6 Å². The third-order valence-corrected chi connectivity index (χ3v) is 12.1. The van der Waals surface area contributed by atoms with Gasteiger partial charge in [-0.1, -0.05) is 158 Å². The Balaban J connectivity index is 1.23. The predicted molar refractivity (Wildman–Crippen MR) is 265 cm³/mol. The van der Waals surface area contributed by atoms with Gasteiger partial charge in [-0.2, -0.15) is 0 Å². The number of carbonyl (C=O) groups is 7. The summed E-state index contributed by atoms with van der Waals surface area (Å²) in [4.78, 5) is 97.5. The highest BCUT2D eigenvalue weighted by Crippen LogP contribution is 2.20. The Bertz CT molecular complexity index is 2720. The van der Waals surface area contributed by atoms with Crippen LogP contribution in [0, 0.1) is 0 Å². The number of nitrogens with one attached hydrogen (secondary N) is 6. The molecule has 0 saturated heterocycles. The molecule has 0 spiro atoms. The summed E-state index contributed by atoms with van der Waals surface area (Å²) in [6.07, 6.45) is 0.264. The van der Waals surface area contributed by atoms with Gasteiger partial charge >= 0.3 is 5.97 Å².